The smallest absolute Gasteiger partial charge is 0.101 e. The summed E-state index contributed by atoms with van der Waals surface area (Å²) in [7, 11) is 1.86. The first-order valence-electron chi connectivity index (χ1n) is 4.29. The van der Waals surface area contributed by atoms with Crippen molar-refractivity contribution < 1.29 is 0 Å². The highest BCUT2D eigenvalue weighted by molar-refractivity contribution is 5.45. The summed E-state index contributed by atoms with van der Waals surface area (Å²) in [5.74, 6) is 0. The van der Waals surface area contributed by atoms with Crippen LogP contribution in [-0.4, -0.2) is 18.0 Å². The molecule has 0 N–H and O–H groups in total. The van der Waals surface area contributed by atoms with Crippen LogP contribution < -0.4 is 0 Å². The zero-order valence-corrected chi connectivity index (χ0v) is 8.07. The van der Waals surface area contributed by atoms with E-state index in [0.717, 1.165) is 0 Å². The summed E-state index contributed by atoms with van der Waals surface area (Å²) in [5.41, 5.74) is 1.14. The summed E-state index contributed by atoms with van der Waals surface area (Å²) in [4.78, 5) is 1.87. The predicted octanol–water partition coefficient (Wildman–Crippen LogP) is 1.73. The van der Waals surface area contributed by atoms with Crippen molar-refractivity contribution in [2.24, 2.45) is 0 Å². The van der Waals surface area contributed by atoms with Gasteiger partial charge in [-0.05, 0) is 12.5 Å². The van der Waals surface area contributed by atoms with Crippen molar-refractivity contribution in [1.82, 2.24) is 4.90 Å². The normalized spacial score (nSPS) is 20.2. The molecule has 1 rings (SSSR count). The van der Waals surface area contributed by atoms with Crippen LogP contribution in [-0.2, 0) is 0 Å². The molecule has 3 nitrogen and oxygen atoms in total. The van der Waals surface area contributed by atoms with Crippen molar-refractivity contribution in [3.8, 4) is 12.1 Å². The van der Waals surface area contributed by atoms with E-state index in [1.54, 1.807) is 18.4 Å². The quantitative estimate of drug-likeness (QED) is 0.615. The van der Waals surface area contributed by atoms with Crippen LogP contribution in [0.25, 0.3) is 0 Å². The Morgan fingerprint density at radius 1 is 1.57 bits per heavy atom. The van der Waals surface area contributed by atoms with Crippen LogP contribution >= 0.6 is 0 Å². The Morgan fingerprint density at radius 3 is 2.79 bits per heavy atom. The number of rotatable bonds is 2. The minimum absolute atomic E-state index is 0.0228. The molecular weight excluding hydrogens is 174 g/mol. The Labute approximate surface area is 83.9 Å². The van der Waals surface area contributed by atoms with Gasteiger partial charge in [-0.2, -0.15) is 10.5 Å². The van der Waals surface area contributed by atoms with Crippen LogP contribution in [0.15, 0.2) is 36.1 Å². The number of nitriles is 2. The summed E-state index contributed by atoms with van der Waals surface area (Å²) < 4.78 is 0. The Hall–Kier alpha value is -2.00. The van der Waals surface area contributed by atoms with Crippen LogP contribution in [0.1, 0.15) is 6.42 Å². The van der Waals surface area contributed by atoms with Crippen LogP contribution in [0.3, 0.4) is 0 Å². The standard InChI is InChI=1S/C11H11N3/c1-3-4-11-10(7-13)5-9(6-12)8-14(11)2/h3,5,8,11H,1,4H2,2H3. The van der Waals surface area contributed by atoms with Crippen LogP contribution in [0.2, 0.25) is 0 Å². The van der Waals surface area contributed by atoms with Gasteiger partial charge in [0.05, 0.1) is 23.3 Å². The van der Waals surface area contributed by atoms with Gasteiger partial charge < -0.3 is 4.90 Å². The van der Waals surface area contributed by atoms with E-state index < -0.39 is 0 Å². The van der Waals surface area contributed by atoms with Crippen LogP contribution in [0.5, 0.6) is 0 Å². The molecule has 0 aromatic rings. The van der Waals surface area contributed by atoms with Gasteiger partial charge in [0.25, 0.3) is 0 Å². The number of hydrogen-bond donors (Lipinski definition) is 0. The summed E-state index contributed by atoms with van der Waals surface area (Å²) in [6, 6.07) is 4.16. The molecule has 14 heavy (non-hydrogen) atoms. The second-order valence-corrected chi connectivity index (χ2v) is 3.11. The van der Waals surface area contributed by atoms with Gasteiger partial charge in [-0.15, -0.1) is 6.58 Å². The van der Waals surface area contributed by atoms with Gasteiger partial charge in [0.15, 0.2) is 0 Å². The number of nitrogens with zero attached hydrogens (tertiary/aromatic N) is 3. The van der Waals surface area contributed by atoms with Gasteiger partial charge in [0.2, 0.25) is 0 Å². The Bertz CT molecular complexity index is 376. The van der Waals surface area contributed by atoms with Crippen molar-refractivity contribution >= 4 is 0 Å². The van der Waals surface area contributed by atoms with E-state index in [4.69, 9.17) is 10.5 Å². The van der Waals surface area contributed by atoms with E-state index in [9.17, 15) is 0 Å². The molecule has 70 valence electrons. The monoisotopic (exact) mass is 185 g/mol. The van der Waals surface area contributed by atoms with Crippen LogP contribution in [0.4, 0.5) is 0 Å². The summed E-state index contributed by atoms with van der Waals surface area (Å²) in [6.07, 6.45) is 5.87. The lowest BCUT2D eigenvalue weighted by atomic mass is 9.98. The third kappa shape index (κ3) is 1.84. The largest absolute Gasteiger partial charge is 0.371 e. The Balaban J connectivity index is 3.01. The lowest BCUT2D eigenvalue weighted by Gasteiger charge is -2.28. The second kappa shape index (κ2) is 4.30. The molecule has 0 bridgehead atoms. The average molecular weight is 185 g/mol. The number of allylic oxidation sites excluding steroid dienone is 2. The molecule has 3 heteroatoms. The molecule has 0 amide bonds. The molecule has 0 spiro atoms. The first kappa shape index (κ1) is 10.1. The van der Waals surface area contributed by atoms with Gasteiger partial charge in [-0.1, -0.05) is 6.08 Å². The first-order chi connectivity index (χ1) is 6.72. The summed E-state index contributed by atoms with van der Waals surface area (Å²) >= 11 is 0. The molecular formula is C11H11N3. The second-order valence-electron chi connectivity index (χ2n) is 3.11. The molecule has 1 unspecified atom stereocenters. The molecule has 0 fully saturated rings. The predicted molar refractivity (Wildman–Crippen MR) is 53.8 cm³/mol. The maximum absolute atomic E-state index is 8.90. The van der Waals surface area contributed by atoms with Gasteiger partial charge >= 0.3 is 0 Å². The van der Waals surface area contributed by atoms with E-state index in [-0.39, 0.29) is 6.04 Å². The Morgan fingerprint density at radius 2 is 2.29 bits per heavy atom. The topological polar surface area (TPSA) is 50.8 Å². The molecule has 0 aromatic carbocycles. The van der Waals surface area contributed by atoms with Gasteiger partial charge in [0.1, 0.15) is 6.07 Å². The van der Waals surface area contributed by atoms with Crippen LogP contribution in [0, 0.1) is 22.7 Å². The van der Waals surface area contributed by atoms with Crippen molar-refractivity contribution in [3.05, 3.63) is 36.1 Å². The fourth-order valence-corrected chi connectivity index (χ4v) is 1.45. The maximum atomic E-state index is 8.90. The molecule has 1 aliphatic heterocycles. The molecule has 0 aromatic heterocycles. The highest BCUT2D eigenvalue weighted by Gasteiger charge is 2.20. The van der Waals surface area contributed by atoms with Crippen molar-refractivity contribution in [2.45, 2.75) is 12.5 Å². The lowest BCUT2D eigenvalue weighted by Crippen LogP contribution is -2.30. The number of likely N-dealkylation sites (N-methyl/N-ethyl adjacent to an activating group) is 1. The van der Waals surface area contributed by atoms with E-state index in [1.807, 2.05) is 18.0 Å². The fourth-order valence-electron chi connectivity index (χ4n) is 1.45. The first-order valence-corrected chi connectivity index (χ1v) is 4.29. The molecule has 1 heterocycles. The molecule has 1 aliphatic rings. The summed E-state index contributed by atoms with van der Waals surface area (Å²) in [5, 5.41) is 17.6. The van der Waals surface area contributed by atoms with Crippen molar-refractivity contribution in [3.63, 3.8) is 0 Å². The maximum Gasteiger partial charge on any atom is 0.101 e. The zero-order valence-electron chi connectivity index (χ0n) is 8.07. The molecule has 1 atom stereocenters. The van der Waals surface area contributed by atoms with Gasteiger partial charge in [0, 0.05) is 13.2 Å². The SMILES string of the molecule is C=CCC1C(C#N)=CC(C#N)=CN1C. The lowest BCUT2D eigenvalue weighted by molar-refractivity contribution is 0.370. The fraction of sp³-hybridized carbons (Fsp3) is 0.273. The minimum atomic E-state index is 0.0228. The van der Waals surface area contributed by atoms with Gasteiger partial charge in [-0.25, -0.2) is 0 Å². The van der Waals surface area contributed by atoms with Crippen molar-refractivity contribution in [1.29, 1.82) is 10.5 Å². The highest BCUT2D eigenvalue weighted by Crippen LogP contribution is 2.21. The van der Waals surface area contributed by atoms with E-state index in [2.05, 4.69) is 12.6 Å². The molecule has 0 aliphatic carbocycles. The third-order valence-corrected chi connectivity index (χ3v) is 2.15. The molecule has 0 saturated carbocycles. The molecule has 0 radical (unpaired) electrons. The minimum Gasteiger partial charge on any atom is -0.371 e. The molecule has 0 saturated heterocycles. The number of hydrogen-bond acceptors (Lipinski definition) is 3. The third-order valence-electron chi connectivity index (χ3n) is 2.15. The van der Waals surface area contributed by atoms with Crippen molar-refractivity contribution in [2.75, 3.05) is 7.05 Å². The van der Waals surface area contributed by atoms with E-state index in [1.165, 1.54) is 0 Å². The zero-order chi connectivity index (χ0) is 10.6. The van der Waals surface area contributed by atoms with E-state index >= 15 is 0 Å². The summed E-state index contributed by atoms with van der Waals surface area (Å²) in [6.45, 7) is 3.65. The van der Waals surface area contributed by atoms with Gasteiger partial charge in [-0.3, -0.25) is 0 Å². The van der Waals surface area contributed by atoms with E-state index in [0.29, 0.717) is 17.6 Å². The average Bonchev–Trinajstić information content (AvgIpc) is 2.20. The highest BCUT2D eigenvalue weighted by atomic mass is 15.1. The Kier molecular flexibility index (Phi) is 3.09.